The minimum atomic E-state index is -4.50. The molecule has 2 aromatic rings. The number of rotatable bonds is 11. The highest BCUT2D eigenvalue weighted by Gasteiger charge is 2.35. The number of halogens is 3. The fourth-order valence-electron chi connectivity index (χ4n) is 3.41. The normalized spacial score (nSPS) is 14.1. The Morgan fingerprint density at radius 1 is 1.18 bits per heavy atom. The average molecular weight is 589 g/mol. The van der Waals surface area contributed by atoms with Crippen LogP contribution in [-0.2, 0) is 37.2 Å². The minimum absolute atomic E-state index is 0.0448. The molecule has 220 valence electrons. The molecule has 5 N–H and O–H groups in total. The molecule has 1 aliphatic rings. The number of anilines is 1. The van der Waals surface area contributed by atoms with Crippen molar-refractivity contribution in [2.45, 2.75) is 45.2 Å². The Kier molecular flexibility index (Phi) is 11.6. The van der Waals surface area contributed by atoms with E-state index in [4.69, 9.17) is 4.74 Å². The van der Waals surface area contributed by atoms with Gasteiger partial charge < -0.3 is 20.9 Å². The van der Waals surface area contributed by atoms with Gasteiger partial charge in [0.25, 0.3) is 5.91 Å². The number of alkyl halides is 3. The highest BCUT2D eigenvalue weighted by Crippen LogP contribution is 2.36. The van der Waals surface area contributed by atoms with E-state index in [2.05, 4.69) is 11.1 Å². The molecule has 1 fully saturated rings. The van der Waals surface area contributed by atoms with Gasteiger partial charge in [-0.1, -0.05) is 25.1 Å². The second-order valence-corrected chi connectivity index (χ2v) is 10.2. The standard InChI is InChI=1S/C22H24F3N3O6S.C3H7NO/c23-22(24,25)16-5-1-2-6-19(16)34-12-4-3-11-26-20(30)10-8-15-7-9-17(18(29)13-15)28-14-21(31)27-35(28,32)33;1-2-3(4)5/h1-2,5-7,9,13,29H,3-4,8,10-12,14H2,(H,26,30)(H,27,31);2H2,1H3,(H2,4,5). The van der Waals surface area contributed by atoms with E-state index in [0.717, 1.165) is 10.4 Å². The molecule has 0 bridgehead atoms. The molecule has 3 rings (SSSR count). The quantitative estimate of drug-likeness (QED) is 0.292. The Hall–Kier alpha value is -4.01. The van der Waals surface area contributed by atoms with Crippen LogP contribution in [0, 0.1) is 0 Å². The maximum Gasteiger partial charge on any atom is 0.419 e. The fourth-order valence-corrected chi connectivity index (χ4v) is 4.57. The highest BCUT2D eigenvalue weighted by molar-refractivity contribution is 7.92. The average Bonchev–Trinajstić information content (AvgIpc) is 3.16. The van der Waals surface area contributed by atoms with Gasteiger partial charge in [-0.3, -0.25) is 14.4 Å². The molecule has 1 heterocycles. The lowest BCUT2D eigenvalue weighted by atomic mass is 10.1. The van der Waals surface area contributed by atoms with E-state index in [-0.39, 0.29) is 48.4 Å². The van der Waals surface area contributed by atoms with Gasteiger partial charge in [0.05, 0.1) is 17.9 Å². The summed E-state index contributed by atoms with van der Waals surface area (Å²) >= 11 is 0. The summed E-state index contributed by atoms with van der Waals surface area (Å²) in [5, 5.41) is 12.9. The summed E-state index contributed by atoms with van der Waals surface area (Å²) < 4.78 is 70.4. The Morgan fingerprint density at radius 3 is 2.42 bits per heavy atom. The van der Waals surface area contributed by atoms with Gasteiger partial charge in [-0.2, -0.15) is 21.6 Å². The predicted molar refractivity (Wildman–Crippen MR) is 140 cm³/mol. The molecular weight excluding hydrogens is 557 g/mol. The van der Waals surface area contributed by atoms with Crippen LogP contribution >= 0.6 is 0 Å². The van der Waals surface area contributed by atoms with Gasteiger partial charge >= 0.3 is 16.4 Å². The van der Waals surface area contributed by atoms with Crippen LogP contribution in [0.2, 0.25) is 0 Å². The molecule has 2 aromatic carbocycles. The first-order valence-corrected chi connectivity index (χ1v) is 13.7. The number of hydrogen-bond acceptors (Lipinski definition) is 7. The molecule has 0 radical (unpaired) electrons. The topological polar surface area (TPSA) is 168 Å². The van der Waals surface area contributed by atoms with Crippen molar-refractivity contribution in [3.8, 4) is 11.5 Å². The number of hydrogen-bond donors (Lipinski definition) is 4. The number of benzene rings is 2. The monoisotopic (exact) mass is 588 g/mol. The van der Waals surface area contributed by atoms with Crippen molar-refractivity contribution in [1.29, 1.82) is 0 Å². The van der Waals surface area contributed by atoms with Crippen LogP contribution < -0.4 is 24.8 Å². The molecule has 11 nitrogen and oxygen atoms in total. The van der Waals surface area contributed by atoms with Crippen molar-refractivity contribution in [3.63, 3.8) is 0 Å². The minimum Gasteiger partial charge on any atom is -0.506 e. The number of amides is 3. The molecule has 40 heavy (non-hydrogen) atoms. The number of nitrogens with two attached hydrogens (primary N) is 1. The summed E-state index contributed by atoms with van der Waals surface area (Å²) in [5.41, 5.74) is 4.37. The largest absolute Gasteiger partial charge is 0.506 e. The van der Waals surface area contributed by atoms with Crippen molar-refractivity contribution in [3.05, 3.63) is 53.6 Å². The first-order chi connectivity index (χ1) is 18.7. The fraction of sp³-hybridized carbons (Fsp3) is 0.400. The van der Waals surface area contributed by atoms with E-state index in [1.54, 1.807) is 13.0 Å². The lowest BCUT2D eigenvalue weighted by molar-refractivity contribution is -0.139. The van der Waals surface area contributed by atoms with Crippen molar-refractivity contribution in [1.82, 2.24) is 10.0 Å². The zero-order valence-electron chi connectivity index (χ0n) is 21.7. The number of nitrogens with zero attached hydrogens (tertiary/aromatic N) is 1. The first kappa shape index (κ1) is 32.2. The number of phenols is 1. The maximum atomic E-state index is 12.9. The van der Waals surface area contributed by atoms with Crippen LogP contribution in [0.1, 0.15) is 43.7 Å². The van der Waals surface area contributed by atoms with Crippen LogP contribution in [0.5, 0.6) is 11.5 Å². The van der Waals surface area contributed by atoms with E-state index in [9.17, 15) is 41.1 Å². The van der Waals surface area contributed by atoms with Crippen LogP contribution in [0.25, 0.3) is 0 Å². The molecule has 3 amide bonds. The summed E-state index contributed by atoms with van der Waals surface area (Å²) in [6, 6.07) is 9.21. The smallest absolute Gasteiger partial charge is 0.419 e. The zero-order chi connectivity index (χ0) is 29.9. The van der Waals surface area contributed by atoms with E-state index >= 15 is 0 Å². The van der Waals surface area contributed by atoms with E-state index in [1.807, 2.05) is 4.72 Å². The third-order valence-corrected chi connectivity index (χ3v) is 6.85. The second-order valence-electron chi connectivity index (χ2n) is 8.58. The lowest BCUT2D eigenvalue weighted by Gasteiger charge is -2.16. The molecule has 1 aliphatic heterocycles. The number of aryl methyl sites for hydroxylation is 1. The Balaban J connectivity index is 0.00000103. The number of phenolic OH excluding ortho intramolecular Hbond substituents is 1. The van der Waals surface area contributed by atoms with Crippen LogP contribution in [-0.4, -0.2) is 50.9 Å². The first-order valence-electron chi connectivity index (χ1n) is 12.2. The SMILES string of the molecule is CCC(N)=O.O=C(CCc1ccc(N2CC(=O)NS2(=O)=O)c(O)c1)NCCCCOc1ccccc1C(F)(F)F. The Morgan fingerprint density at radius 2 is 1.85 bits per heavy atom. The number of ether oxygens (including phenoxy) is 1. The van der Waals surface area contributed by atoms with Crippen molar-refractivity contribution in [2.24, 2.45) is 5.73 Å². The lowest BCUT2D eigenvalue weighted by Crippen LogP contribution is -2.29. The third kappa shape index (κ3) is 9.94. The van der Waals surface area contributed by atoms with Gasteiger partial charge in [-0.15, -0.1) is 0 Å². The molecule has 1 saturated heterocycles. The van der Waals surface area contributed by atoms with Gasteiger partial charge in [-0.05, 0) is 49.1 Å². The summed E-state index contributed by atoms with van der Waals surface area (Å²) in [6.45, 7) is 1.68. The molecule has 0 atom stereocenters. The number of aromatic hydroxyl groups is 1. The summed E-state index contributed by atoms with van der Waals surface area (Å²) in [6.07, 6.45) is -2.72. The van der Waals surface area contributed by atoms with Crippen molar-refractivity contribution < 1.29 is 45.8 Å². The maximum absolute atomic E-state index is 12.9. The van der Waals surface area contributed by atoms with Crippen molar-refractivity contribution >= 4 is 33.6 Å². The molecule has 0 unspecified atom stereocenters. The molecule has 0 aliphatic carbocycles. The van der Waals surface area contributed by atoms with Crippen LogP contribution in [0.15, 0.2) is 42.5 Å². The number of nitrogens with one attached hydrogen (secondary N) is 2. The Bertz CT molecular complexity index is 1300. The van der Waals surface area contributed by atoms with Gasteiger partial charge in [0.2, 0.25) is 11.8 Å². The molecule has 0 saturated carbocycles. The number of primary amides is 1. The van der Waals surface area contributed by atoms with Crippen LogP contribution in [0.3, 0.4) is 0 Å². The molecule has 0 aromatic heterocycles. The molecule has 0 spiro atoms. The van der Waals surface area contributed by atoms with E-state index < -0.39 is 34.4 Å². The van der Waals surface area contributed by atoms with Crippen molar-refractivity contribution in [2.75, 3.05) is 24.0 Å². The number of unbranched alkanes of at least 4 members (excludes halogenated alkanes) is 1. The third-order valence-electron chi connectivity index (χ3n) is 5.46. The second kappa shape index (κ2) is 14.4. The van der Waals surface area contributed by atoms with Gasteiger partial charge in [0.1, 0.15) is 18.0 Å². The number of para-hydroxylation sites is 1. The summed E-state index contributed by atoms with van der Waals surface area (Å²) in [4.78, 5) is 33.0. The summed E-state index contributed by atoms with van der Waals surface area (Å²) in [7, 11) is -4.04. The van der Waals surface area contributed by atoms with Crippen LogP contribution in [0.4, 0.5) is 18.9 Å². The zero-order valence-corrected chi connectivity index (χ0v) is 22.5. The Labute approximate surface area is 229 Å². The number of carbonyl (C=O) groups excluding carboxylic acids is 3. The highest BCUT2D eigenvalue weighted by atomic mass is 32.2. The number of carbonyl (C=O) groups is 3. The molecular formula is C25H31F3N4O7S. The van der Waals surface area contributed by atoms with E-state index in [1.165, 1.54) is 30.3 Å². The van der Waals surface area contributed by atoms with E-state index in [0.29, 0.717) is 31.4 Å². The molecule has 15 heteroatoms. The predicted octanol–water partition coefficient (Wildman–Crippen LogP) is 2.38. The van der Waals surface area contributed by atoms with Gasteiger partial charge in [0, 0.05) is 19.4 Å². The van der Waals surface area contributed by atoms with Gasteiger partial charge in [-0.25, -0.2) is 9.03 Å². The van der Waals surface area contributed by atoms with Gasteiger partial charge in [0.15, 0.2) is 0 Å². The summed E-state index contributed by atoms with van der Waals surface area (Å²) in [5.74, 6) is -1.78.